The Morgan fingerprint density at radius 2 is 1.79 bits per heavy atom. The highest BCUT2D eigenvalue weighted by atomic mass is 16.5. The molecule has 2 amide bonds. The molecule has 7 heteroatoms. The van der Waals surface area contributed by atoms with Gasteiger partial charge in [0.15, 0.2) is 0 Å². The first-order chi connectivity index (χ1) is 13.6. The highest BCUT2D eigenvalue weighted by molar-refractivity contribution is 6.04. The minimum Gasteiger partial charge on any atom is -0.385 e. The van der Waals surface area contributed by atoms with Crippen molar-refractivity contribution in [3.8, 4) is 0 Å². The molecular weight excluding hydrogens is 356 g/mol. The van der Waals surface area contributed by atoms with E-state index < -0.39 is 0 Å². The first kappa shape index (κ1) is 21.4. The van der Waals surface area contributed by atoms with Crippen LogP contribution in [0.4, 0.5) is 11.4 Å². The van der Waals surface area contributed by atoms with Gasteiger partial charge in [-0.2, -0.15) is 0 Å². The van der Waals surface area contributed by atoms with Gasteiger partial charge in [-0.1, -0.05) is 0 Å². The van der Waals surface area contributed by atoms with Crippen LogP contribution >= 0.6 is 0 Å². The molecule has 0 aliphatic carbocycles. The summed E-state index contributed by atoms with van der Waals surface area (Å²) < 4.78 is 4.95. The summed E-state index contributed by atoms with van der Waals surface area (Å²) >= 11 is 0. The third-order valence-electron chi connectivity index (χ3n) is 4.32. The molecule has 0 spiro atoms. The summed E-state index contributed by atoms with van der Waals surface area (Å²) in [6.45, 7) is 7.14. The summed E-state index contributed by atoms with van der Waals surface area (Å²) in [5.41, 5.74) is 2.37. The van der Waals surface area contributed by atoms with E-state index in [1.54, 1.807) is 13.2 Å². The second-order valence-electron chi connectivity index (χ2n) is 6.21. The van der Waals surface area contributed by atoms with Crippen molar-refractivity contribution in [1.82, 2.24) is 10.3 Å². The van der Waals surface area contributed by atoms with Crippen LogP contribution in [0.1, 0.15) is 41.1 Å². The van der Waals surface area contributed by atoms with Crippen LogP contribution in [0.15, 0.2) is 42.6 Å². The predicted octanol–water partition coefficient (Wildman–Crippen LogP) is 2.95. The lowest BCUT2D eigenvalue weighted by Crippen LogP contribution is -2.26. The van der Waals surface area contributed by atoms with Crippen molar-refractivity contribution in [3.05, 3.63) is 53.9 Å². The maximum atomic E-state index is 12.5. The Hall–Kier alpha value is -2.93. The number of rotatable bonds is 10. The predicted molar refractivity (Wildman–Crippen MR) is 111 cm³/mol. The Morgan fingerprint density at radius 3 is 2.43 bits per heavy atom. The molecule has 2 aromatic rings. The summed E-state index contributed by atoms with van der Waals surface area (Å²) in [6, 6.07) is 10.7. The second kappa shape index (κ2) is 11.0. The number of carbonyl (C=O) groups excluding carboxylic acids is 2. The molecule has 2 rings (SSSR count). The molecule has 7 nitrogen and oxygen atoms in total. The minimum absolute atomic E-state index is 0.192. The van der Waals surface area contributed by atoms with E-state index in [0.29, 0.717) is 24.4 Å². The van der Waals surface area contributed by atoms with Gasteiger partial charge in [0, 0.05) is 56.5 Å². The van der Waals surface area contributed by atoms with Crippen LogP contribution in [0.2, 0.25) is 0 Å². The Kier molecular flexibility index (Phi) is 8.42. The zero-order chi connectivity index (χ0) is 20.4. The number of hydrogen-bond acceptors (Lipinski definition) is 5. The van der Waals surface area contributed by atoms with Gasteiger partial charge in [-0.3, -0.25) is 14.6 Å². The van der Waals surface area contributed by atoms with Crippen LogP contribution in [0.3, 0.4) is 0 Å². The largest absolute Gasteiger partial charge is 0.385 e. The van der Waals surface area contributed by atoms with Crippen LogP contribution in [0.25, 0.3) is 0 Å². The molecule has 1 aromatic heterocycles. The van der Waals surface area contributed by atoms with E-state index in [2.05, 4.69) is 34.4 Å². The van der Waals surface area contributed by atoms with Crippen molar-refractivity contribution in [3.63, 3.8) is 0 Å². The number of nitrogens with one attached hydrogen (secondary N) is 2. The van der Waals surface area contributed by atoms with Crippen molar-refractivity contribution in [2.75, 3.05) is 43.6 Å². The molecule has 1 heterocycles. The average molecular weight is 384 g/mol. The van der Waals surface area contributed by atoms with Crippen LogP contribution in [-0.4, -0.2) is 50.1 Å². The lowest BCUT2D eigenvalue weighted by molar-refractivity contribution is 0.0948. The highest BCUT2D eigenvalue weighted by Crippen LogP contribution is 2.18. The van der Waals surface area contributed by atoms with E-state index in [0.717, 1.165) is 25.2 Å². The smallest absolute Gasteiger partial charge is 0.274 e. The number of carbonyl (C=O) groups is 2. The van der Waals surface area contributed by atoms with Crippen molar-refractivity contribution < 1.29 is 14.3 Å². The Balaban J connectivity index is 1.99. The van der Waals surface area contributed by atoms with Crippen LogP contribution in [0.5, 0.6) is 0 Å². The third-order valence-corrected chi connectivity index (χ3v) is 4.32. The molecule has 0 unspecified atom stereocenters. The number of ether oxygens (including phenoxy) is 1. The minimum atomic E-state index is -0.357. The summed E-state index contributed by atoms with van der Waals surface area (Å²) in [6.07, 6.45) is 2.19. The van der Waals surface area contributed by atoms with Crippen molar-refractivity contribution in [2.24, 2.45) is 0 Å². The SMILES string of the molecule is CCN(CC)c1ccc(NC(=O)c2cc(C(=O)NCCCOC)ccn2)cc1. The van der Waals surface area contributed by atoms with Gasteiger partial charge in [0.25, 0.3) is 11.8 Å². The summed E-state index contributed by atoms with van der Waals surface area (Å²) in [4.78, 5) is 31.0. The van der Waals surface area contributed by atoms with Gasteiger partial charge >= 0.3 is 0 Å². The Bertz CT molecular complexity index is 773. The number of amides is 2. The molecule has 2 N–H and O–H groups in total. The van der Waals surface area contributed by atoms with Gasteiger partial charge in [-0.25, -0.2) is 0 Å². The molecule has 0 atom stereocenters. The molecule has 1 aromatic carbocycles. The number of benzene rings is 1. The molecular formula is C21H28N4O3. The van der Waals surface area contributed by atoms with Crippen molar-refractivity contribution >= 4 is 23.2 Å². The van der Waals surface area contributed by atoms with E-state index in [4.69, 9.17) is 4.74 Å². The number of hydrogen-bond donors (Lipinski definition) is 2. The van der Waals surface area contributed by atoms with E-state index in [9.17, 15) is 9.59 Å². The molecule has 0 bridgehead atoms. The first-order valence-corrected chi connectivity index (χ1v) is 9.48. The molecule has 0 aliphatic rings. The highest BCUT2D eigenvalue weighted by Gasteiger charge is 2.12. The quantitative estimate of drug-likeness (QED) is 0.616. The van der Waals surface area contributed by atoms with Gasteiger partial charge in [0.05, 0.1) is 0 Å². The topological polar surface area (TPSA) is 83.6 Å². The van der Waals surface area contributed by atoms with Crippen LogP contribution in [0, 0.1) is 0 Å². The molecule has 0 radical (unpaired) electrons. The zero-order valence-electron chi connectivity index (χ0n) is 16.7. The maximum Gasteiger partial charge on any atom is 0.274 e. The first-order valence-electron chi connectivity index (χ1n) is 9.48. The molecule has 0 aliphatic heterocycles. The molecule has 150 valence electrons. The van der Waals surface area contributed by atoms with E-state index >= 15 is 0 Å². The monoisotopic (exact) mass is 384 g/mol. The third kappa shape index (κ3) is 6.06. The second-order valence-corrected chi connectivity index (χ2v) is 6.21. The van der Waals surface area contributed by atoms with Gasteiger partial charge < -0.3 is 20.3 Å². The lowest BCUT2D eigenvalue weighted by atomic mass is 10.2. The van der Waals surface area contributed by atoms with Crippen LogP contribution < -0.4 is 15.5 Å². The zero-order valence-corrected chi connectivity index (χ0v) is 16.7. The summed E-state index contributed by atoms with van der Waals surface area (Å²) in [7, 11) is 1.62. The molecule has 0 saturated carbocycles. The van der Waals surface area contributed by atoms with Crippen molar-refractivity contribution in [1.29, 1.82) is 0 Å². The fourth-order valence-electron chi connectivity index (χ4n) is 2.76. The number of aromatic nitrogens is 1. The van der Waals surface area contributed by atoms with E-state index in [-0.39, 0.29) is 17.5 Å². The molecule has 0 saturated heterocycles. The standard InChI is InChI=1S/C21H28N4O3/c1-4-25(5-2)18-9-7-17(8-10-18)24-21(27)19-15-16(11-13-22-19)20(26)23-12-6-14-28-3/h7-11,13,15H,4-6,12,14H2,1-3H3,(H,23,26)(H,24,27). The normalized spacial score (nSPS) is 10.4. The maximum absolute atomic E-state index is 12.5. The lowest BCUT2D eigenvalue weighted by Gasteiger charge is -2.21. The van der Waals surface area contributed by atoms with Gasteiger partial charge in [-0.15, -0.1) is 0 Å². The fraction of sp³-hybridized carbons (Fsp3) is 0.381. The van der Waals surface area contributed by atoms with E-state index in [1.165, 1.54) is 12.3 Å². The van der Waals surface area contributed by atoms with Crippen LogP contribution in [-0.2, 0) is 4.74 Å². The van der Waals surface area contributed by atoms with E-state index in [1.807, 2.05) is 24.3 Å². The van der Waals surface area contributed by atoms with Gasteiger partial charge in [0.2, 0.25) is 0 Å². The molecule has 0 fully saturated rings. The molecule has 28 heavy (non-hydrogen) atoms. The summed E-state index contributed by atoms with van der Waals surface area (Å²) in [5, 5.41) is 5.61. The number of anilines is 2. The van der Waals surface area contributed by atoms with Gasteiger partial charge in [-0.05, 0) is 56.7 Å². The number of pyridine rings is 1. The average Bonchev–Trinajstić information content (AvgIpc) is 2.73. The number of methoxy groups -OCH3 is 1. The van der Waals surface area contributed by atoms with Gasteiger partial charge in [0.1, 0.15) is 5.69 Å². The summed E-state index contributed by atoms with van der Waals surface area (Å²) in [5.74, 6) is -0.597. The van der Waals surface area contributed by atoms with Crippen molar-refractivity contribution in [2.45, 2.75) is 20.3 Å². The number of nitrogens with zero attached hydrogens (tertiary/aromatic N) is 2. The Morgan fingerprint density at radius 1 is 1.07 bits per heavy atom. The Labute approximate surface area is 166 Å². The fourth-order valence-corrected chi connectivity index (χ4v) is 2.76.